The molecular weight excluding hydrogens is 290 g/mol. The molecule has 0 aromatic carbocycles. The lowest BCUT2D eigenvalue weighted by molar-refractivity contribution is -0.166. The molecule has 22 heavy (non-hydrogen) atoms. The standard InChI is InChI=1S/C15H27NO6/c1-9(2)8-11(13(19)21-10(3)12(17)18)16(7)14(20)22-15(4,5)6/h9-11H,8H2,1-7H3,(H,17,18)/t10-,11+/m1/s1. The van der Waals surface area contributed by atoms with Gasteiger partial charge in [0.15, 0.2) is 6.10 Å². The summed E-state index contributed by atoms with van der Waals surface area (Å²) < 4.78 is 10.1. The van der Waals surface area contributed by atoms with Gasteiger partial charge in [0.05, 0.1) is 0 Å². The van der Waals surface area contributed by atoms with Crippen LogP contribution in [0.5, 0.6) is 0 Å². The van der Waals surface area contributed by atoms with E-state index < -0.39 is 35.8 Å². The summed E-state index contributed by atoms with van der Waals surface area (Å²) in [5.41, 5.74) is -0.689. The number of hydrogen-bond acceptors (Lipinski definition) is 5. The minimum Gasteiger partial charge on any atom is -0.479 e. The second-order valence-corrected chi connectivity index (χ2v) is 6.65. The maximum Gasteiger partial charge on any atom is 0.410 e. The summed E-state index contributed by atoms with van der Waals surface area (Å²) in [7, 11) is 1.44. The highest BCUT2D eigenvalue weighted by molar-refractivity contribution is 5.84. The molecule has 1 amide bonds. The molecule has 0 saturated carbocycles. The Bertz CT molecular complexity index is 413. The summed E-state index contributed by atoms with van der Waals surface area (Å²) >= 11 is 0. The molecule has 0 fully saturated rings. The number of nitrogens with zero attached hydrogens (tertiary/aromatic N) is 1. The zero-order valence-corrected chi connectivity index (χ0v) is 14.4. The van der Waals surface area contributed by atoms with Crippen LogP contribution in [0.3, 0.4) is 0 Å². The maximum absolute atomic E-state index is 12.2. The highest BCUT2D eigenvalue weighted by Crippen LogP contribution is 2.17. The topological polar surface area (TPSA) is 93.1 Å². The van der Waals surface area contributed by atoms with Crippen molar-refractivity contribution in [1.82, 2.24) is 4.90 Å². The lowest BCUT2D eigenvalue weighted by Gasteiger charge is -2.30. The first-order valence-electron chi connectivity index (χ1n) is 7.24. The first-order chi connectivity index (χ1) is 9.85. The van der Waals surface area contributed by atoms with Gasteiger partial charge in [0.1, 0.15) is 11.6 Å². The van der Waals surface area contributed by atoms with E-state index in [9.17, 15) is 14.4 Å². The molecule has 0 bridgehead atoms. The Morgan fingerprint density at radius 1 is 1.14 bits per heavy atom. The Balaban J connectivity index is 5.07. The van der Waals surface area contributed by atoms with Crippen LogP contribution in [0.15, 0.2) is 0 Å². The average molecular weight is 317 g/mol. The number of hydrogen-bond donors (Lipinski definition) is 1. The Labute approximate surface area is 131 Å². The minimum atomic E-state index is -1.27. The second-order valence-electron chi connectivity index (χ2n) is 6.65. The van der Waals surface area contributed by atoms with E-state index in [2.05, 4.69) is 0 Å². The molecule has 2 atom stereocenters. The Hall–Kier alpha value is -1.79. The van der Waals surface area contributed by atoms with Crippen LogP contribution in [-0.2, 0) is 19.1 Å². The van der Waals surface area contributed by atoms with Gasteiger partial charge in [-0.3, -0.25) is 4.90 Å². The van der Waals surface area contributed by atoms with E-state index in [-0.39, 0.29) is 5.92 Å². The molecule has 0 saturated heterocycles. The van der Waals surface area contributed by atoms with Crippen molar-refractivity contribution in [2.75, 3.05) is 7.05 Å². The van der Waals surface area contributed by atoms with Crippen LogP contribution in [0.4, 0.5) is 4.79 Å². The van der Waals surface area contributed by atoms with Gasteiger partial charge < -0.3 is 14.6 Å². The van der Waals surface area contributed by atoms with Crippen molar-refractivity contribution in [1.29, 1.82) is 0 Å². The number of amides is 1. The monoisotopic (exact) mass is 317 g/mol. The van der Waals surface area contributed by atoms with E-state index in [1.807, 2.05) is 13.8 Å². The van der Waals surface area contributed by atoms with E-state index >= 15 is 0 Å². The van der Waals surface area contributed by atoms with Crippen LogP contribution in [0.25, 0.3) is 0 Å². The molecule has 0 aliphatic carbocycles. The van der Waals surface area contributed by atoms with Crippen LogP contribution in [-0.4, -0.2) is 52.8 Å². The number of carboxylic acids is 1. The predicted octanol–water partition coefficient (Wildman–Crippen LogP) is 2.28. The fourth-order valence-electron chi connectivity index (χ4n) is 1.62. The third kappa shape index (κ3) is 7.28. The van der Waals surface area contributed by atoms with Gasteiger partial charge in [0, 0.05) is 7.05 Å². The molecular formula is C15H27NO6. The van der Waals surface area contributed by atoms with Crippen molar-refractivity contribution < 1.29 is 29.0 Å². The zero-order valence-electron chi connectivity index (χ0n) is 14.4. The molecule has 0 aromatic heterocycles. The molecule has 0 aliphatic rings. The van der Waals surface area contributed by atoms with E-state index in [1.165, 1.54) is 14.0 Å². The van der Waals surface area contributed by atoms with Crippen molar-refractivity contribution in [2.45, 2.75) is 65.7 Å². The van der Waals surface area contributed by atoms with Crippen LogP contribution >= 0.6 is 0 Å². The molecule has 0 unspecified atom stereocenters. The van der Waals surface area contributed by atoms with Gasteiger partial charge in [-0.15, -0.1) is 0 Å². The number of ether oxygens (including phenoxy) is 2. The third-order valence-corrected chi connectivity index (χ3v) is 2.76. The number of rotatable bonds is 6. The number of carbonyl (C=O) groups excluding carboxylic acids is 2. The van der Waals surface area contributed by atoms with Gasteiger partial charge in [-0.2, -0.15) is 0 Å². The number of esters is 1. The van der Waals surface area contributed by atoms with Gasteiger partial charge in [-0.05, 0) is 40.0 Å². The molecule has 0 aromatic rings. The summed E-state index contributed by atoms with van der Waals surface area (Å²) in [5.74, 6) is -1.88. The Morgan fingerprint density at radius 2 is 1.64 bits per heavy atom. The summed E-state index contributed by atoms with van der Waals surface area (Å²) in [6.07, 6.45) is -1.58. The minimum absolute atomic E-state index is 0.113. The number of carboxylic acid groups (broad SMARTS) is 1. The fraction of sp³-hybridized carbons (Fsp3) is 0.800. The van der Waals surface area contributed by atoms with Crippen LogP contribution in [0.1, 0.15) is 48.0 Å². The molecule has 0 heterocycles. The van der Waals surface area contributed by atoms with Crippen molar-refractivity contribution in [3.63, 3.8) is 0 Å². The summed E-state index contributed by atoms with van der Waals surface area (Å²) in [5, 5.41) is 8.81. The highest BCUT2D eigenvalue weighted by atomic mass is 16.6. The largest absolute Gasteiger partial charge is 0.479 e. The van der Waals surface area contributed by atoms with Gasteiger partial charge >= 0.3 is 18.0 Å². The SMILES string of the molecule is CC(C)C[C@@H](C(=O)O[C@H](C)C(=O)O)N(C)C(=O)OC(C)(C)C. The quantitative estimate of drug-likeness (QED) is 0.755. The normalized spacial score (nSPS) is 14.2. The molecule has 1 N–H and O–H groups in total. The molecule has 0 aliphatic heterocycles. The van der Waals surface area contributed by atoms with Gasteiger partial charge in [-0.1, -0.05) is 13.8 Å². The zero-order chi connectivity index (χ0) is 17.7. The lowest BCUT2D eigenvalue weighted by Crippen LogP contribution is -2.47. The van der Waals surface area contributed by atoms with Crippen molar-refractivity contribution in [3.8, 4) is 0 Å². The number of likely N-dealkylation sites (N-methyl/N-ethyl adjacent to an activating group) is 1. The van der Waals surface area contributed by atoms with E-state index in [0.717, 1.165) is 4.90 Å². The van der Waals surface area contributed by atoms with E-state index in [4.69, 9.17) is 14.6 Å². The van der Waals surface area contributed by atoms with Crippen molar-refractivity contribution in [3.05, 3.63) is 0 Å². The second kappa shape index (κ2) is 8.00. The summed E-state index contributed by atoms with van der Waals surface area (Å²) in [6, 6.07) is -0.892. The Kier molecular flexibility index (Phi) is 7.35. The predicted molar refractivity (Wildman–Crippen MR) is 80.4 cm³/mol. The average Bonchev–Trinajstić information content (AvgIpc) is 2.32. The summed E-state index contributed by atoms with van der Waals surface area (Å²) in [6.45, 7) is 10.2. The van der Waals surface area contributed by atoms with Gasteiger partial charge in [-0.25, -0.2) is 14.4 Å². The Morgan fingerprint density at radius 3 is 2.00 bits per heavy atom. The molecule has 7 heteroatoms. The number of aliphatic carboxylic acids is 1. The smallest absolute Gasteiger partial charge is 0.410 e. The van der Waals surface area contributed by atoms with Crippen molar-refractivity contribution in [2.24, 2.45) is 5.92 Å². The van der Waals surface area contributed by atoms with Crippen molar-refractivity contribution >= 4 is 18.0 Å². The molecule has 0 spiro atoms. The first kappa shape index (κ1) is 20.2. The molecule has 0 radical (unpaired) electrons. The first-order valence-corrected chi connectivity index (χ1v) is 7.24. The van der Waals surface area contributed by atoms with E-state index in [1.54, 1.807) is 20.8 Å². The lowest BCUT2D eigenvalue weighted by atomic mass is 10.0. The van der Waals surface area contributed by atoms with E-state index in [0.29, 0.717) is 6.42 Å². The molecule has 0 rings (SSSR count). The van der Waals surface area contributed by atoms with Crippen LogP contribution in [0.2, 0.25) is 0 Å². The molecule has 128 valence electrons. The third-order valence-electron chi connectivity index (χ3n) is 2.76. The fourth-order valence-corrected chi connectivity index (χ4v) is 1.62. The van der Waals surface area contributed by atoms with Gasteiger partial charge in [0.2, 0.25) is 0 Å². The number of carbonyl (C=O) groups is 3. The molecule has 7 nitrogen and oxygen atoms in total. The highest BCUT2D eigenvalue weighted by Gasteiger charge is 2.33. The van der Waals surface area contributed by atoms with Crippen LogP contribution in [0, 0.1) is 5.92 Å². The van der Waals surface area contributed by atoms with Crippen LogP contribution < -0.4 is 0 Å². The summed E-state index contributed by atoms with van der Waals surface area (Å²) in [4.78, 5) is 36.2. The van der Waals surface area contributed by atoms with Gasteiger partial charge in [0.25, 0.3) is 0 Å². The maximum atomic E-state index is 12.2.